The molecule has 2 amide bonds. The van der Waals surface area contributed by atoms with E-state index in [9.17, 15) is 9.59 Å². The van der Waals surface area contributed by atoms with E-state index in [0.29, 0.717) is 23.5 Å². The molecule has 0 aliphatic carbocycles. The van der Waals surface area contributed by atoms with E-state index in [4.69, 9.17) is 0 Å². The monoisotopic (exact) mass is 392 g/mol. The minimum atomic E-state index is -0.143. The molecule has 2 aromatic heterocycles. The molecule has 0 unspecified atom stereocenters. The molecule has 3 aromatic rings. The van der Waals surface area contributed by atoms with Crippen LogP contribution >= 0.6 is 11.3 Å². The van der Waals surface area contributed by atoms with Gasteiger partial charge in [-0.15, -0.1) is 11.3 Å². The van der Waals surface area contributed by atoms with Gasteiger partial charge in [0.1, 0.15) is 9.88 Å². The third-order valence-electron chi connectivity index (χ3n) is 4.66. The number of hydrogen-bond donors (Lipinski definition) is 1. The average Bonchev–Trinajstić information content (AvgIpc) is 3.33. The summed E-state index contributed by atoms with van der Waals surface area (Å²) in [6.07, 6.45) is 3.24. The number of aromatic nitrogens is 2. The van der Waals surface area contributed by atoms with Crippen molar-refractivity contribution in [3.05, 3.63) is 64.8 Å². The van der Waals surface area contributed by atoms with E-state index >= 15 is 0 Å². The lowest BCUT2D eigenvalue weighted by Gasteiger charge is -2.16. The number of rotatable bonds is 5. The predicted octanol–water partition coefficient (Wildman–Crippen LogP) is 3.57. The standard InChI is InChI=1S/C21H20N4O2S/c1-14-19(28-21(24-14)17-5-2-3-11-22-17)20(27)23-13-15-7-9-16(10-8-15)25-12-4-6-18(25)26/h2-3,5,7-11H,4,6,12-13H2,1H3,(H,23,27). The van der Waals surface area contributed by atoms with Gasteiger partial charge in [0.25, 0.3) is 5.91 Å². The van der Waals surface area contributed by atoms with Gasteiger partial charge in [-0.05, 0) is 43.2 Å². The van der Waals surface area contributed by atoms with Crippen molar-refractivity contribution in [2.45, 2.75) is 26.3 Å². The van der Waals surface area contributed by atoms with Crippen LogP contribution in [-0.2, 0) is 11.3 Å². The van der Waals surface area contributed by atoms with Gasteiger partial charge in [-0.25, -0.2) is 4.98 Å². The Bertz CT molecular complexity index is 999. The summed E-state index contributed by atoms with van der Waals surface area (Å²) < 4.78 is 0. The Morgan fingerprint density at radius 1 is 1.21 bits per heavy atom. The Labute approximate surface area is 167 Å². The molecule has 4 rings (SSSR count). The second-order valence-electron chi connectivity index (χ2n) is 6.65. The number of amides is 2. The van der Waals surface area contributed by atoms with E-state index in [2.05, 4.69) is 15.3 Å². The Kier molecular flexibility index (Phi) is 5.16. The zero-order chi connectivity index (χ0) is 19.5. The van der Waals surface area contributed by atoms with E-state index in [1.165, 1.54) is 11.3 Å². The summed E-state index contributed by atoms with van der Waals surface area (Å²) in [7, 11) is 0. The highest BCUT2D eigenvalue weighted by Crippen LogP contribution is 2.26. The first-order valence-electron chi connectivity index (χ1n) is 9.18. The molecule has 1 N–H and O–H groups in total. The number of hydrogen-bond acceptors (Lipinski definition) is 5. The normalized spacial score (nSPS) is 13.8. The Morgan fingerprint density at radius 3 is 2.71 bits per heavy atom. The zero-order valence-electron chi connectivity index (χ0n) is 15.5. The summed E-state index contributed by atoms with van der Waals surface area (Å²) in [4.78, 5) is 35.6. The fourth-order valence-electron chi connectivity index (χ4n) is 3.18. The molecule has 7 heteroatoms. The SMILES string of the molecule is Cc1nc(-c2ccccn2)sc1C(=O)NCc1ccc(N2CCCC2=O)cc1. The van der Waals surface area contributed by atoms with E-state index in [1.807, 2.05) is 54.3 Å². The van der Waals surface area contributed by atoms with Crippen LogP contribution in [0, 0.1) is 6.92 Å². The molecule has 0 radical (unpaired) electrons. The second kappa shape index (κ2) is 7.90. The van der Waals surface area contributed by atoms with Crippen molar-refractivity contribution < 1.29 is 9.59 Å². The van der Waals surface area contributed by atoms with Crippen LogP contribution in [0.1, 0.15) is 33.8 Å². The number of nitrogens with zero attached hydrogens (tertiary/aromatic N) is 3. The van der Waals surface area contributed by atoms with Crippen molar-refractivity contribution in [2.75, 3.05) is 11.4 Å². The summed E-state index contributed by atoms with van der Waals surface area (Å²) in [5.74, 6) is 0.0291. The molecule has 1 aliphatic rings. The van der Waals surface area contributed by atoms with Crippen LogP contribution in [0.3, 0.4) is 0 Å². The minimum Gasteiger partial charge on any atom is -0.347 e. The van der Waals surface area contributed by atoms with Crippen molar-refractivity contribution in [1.82, 2.24) is 15.3 Å². The number of anilines is 1. The lowest BCUT2D eigenvalue weighted by atomic mass is 10.2. The van der Waals surface area contributed by atoms with Crippen LogP contribution in [-0.4, -0.2) is 28.3 Å². The Hall–Kier alpha value is -3.06. The van der Waals surface area contributed by atoms with E-state index in [1.54, 1.807) is 6.20 Å². The predicted molar refractivity (Wildman–Crippen MR) is 109 cm³/mol. The quantitative estimate of drug-likeness (QED) is 0.720. The van der Waals surface area contributed by atoms with E-state index < -0.39 is 0 Å². The summed E-state index contributed by atoms with van der Waals surface area (Å²) in [5, 5.41) is 3.69. The molecule has 6 nitrogen and oxygen atoms in total. The van der Waals surface area contributed by atoms with Gasteiger partial charge in [0, 0.05) is 31.4 Å². The summed E-state index contributed by atoms with van der Waals surface area (Å²) >= 11 is 1.35. The van der Waals surface area contributed by atoms with Gasteiger partial charge in [0.15, 0.2) is 0 Å². The zero-order valence-corrected chi connectivity index (χ0v) is 16.3. The van der Waals surface area contributed by atoms with Crippen molar-refractivity contribution in [2.24, 2.45) is 0 Å². The Balaban J connectivity index is 1.41. The third-order valence-corrected chi connectivity index (χ3v) is 5.84. The van der Waals surface area contributed by atoms with Crippen LogP contribution in [0.15, 0.2) is 48.7 Å². The maximum atomic E-state index is 12.6. The number of nitrogens with one attached hydrogen (secondary N) is 1. The van der Waals surface area contributed by atoms with Gasteiger partial charge in [-0.2, -0.15) is 0 Å². The van der Waals surface area contributed by atoms with Crippen molar-refractivity contribution >= 4 is 28.8 Å². The first-order valence-corrected chi connectivity index (χ1v) is 10.00. The fraction of sp³-hybridized carbons (Fsp3) is 0.238. The topological polar surface area (TPSA) is 75.2 Å². The first kappa shape index (κ1) is 18.3. The number of thiazole rings is 1. The highest BCUT2D eigenvalue weighted by Gasteiger charge is 2.21. The van der Waals surface area contributed by atoms with Crippen LogP contribution < -0.4 is 10.2 Å². The summed E-state index contributed by atoms with van der Waals surface area (Å²) in [6.45, 7) is 3.03. The Morgan fingerprint density at radius 2 is 2.04 bits per heavy atom. The average molecular weight is 392 g/mol. The van der Waals surface area contributed by atoms with Crippen molar-refractivity contribution in [3.8, 4) is 10.7 Å². The first-order chi connectivity index (χ1) is 13.6. The van der Waals surface area contributed by atoms with E-state index in [0.717, 1.165) is 34.9 Å². The summed E-state index contributed by atoms with van der Waals surface area (Å²) in [5.41, 5.74) is 3.36. The molecule has 1 fully saturated rings. The van der Waals surface area contributed by atoms with Crippen LogP contribution in [0.5, 0.6) is 0 Å². The van der Waals surface area contributed by atoms with Gasteiger partial charge >= 0.3 is 0 Å². The molecule has 1 aliphatic heterocycles. The molecule has 0 spiro atoms. The van der Waals surface area contributed by atoms with Crippen LogP contribution in [0.4, 0.5) is 5.69 Å². The molecule has 0 atom stereocenters. The smallest absolute Gasteiger partial charge is 0.263 e. The number of carbonyl (C=O) groups is 2. The molecule has 28 heavy (non-hydrogen) atoms. The van der Waals surface area contributed by atoms with Gasteiger partial charge in [0.2, 0.25) is 5.91 Å². The van der Waals surface area contributed by atoms with Crippen molar-refractivity contribution in [1.29, 1.82) is 0 Å². The molecule has 0 saturated carbocycles. The highest BCUT2D eigenvalue weighted by atomic mass is 32.1. The number of carbonyl (C=O) groups excluding carboxylic acids is 2. The summed E-state index contributed by atoms with van der Waals surface area (Å²) in [6, 6.07) is 13.4. The van der Waals surface area contributed by atoms with Gasteiger partial charge in [-0.3, -0.25) is 14.6 Å². The second-order valence-corrected chi connectivity index (χ2v) is 7.65. The lowest BCUT2D eigenvalue weighted by Crippen LogP contribution is -2.24. The molecule has 3 heterocycles. The van der Waals surface area contributed by atoms with Gasteiger partial charge < -0.3 is 10.2 Å². The van der Waals surface area contributed by atoms with Crippen molar-refractivity contribution in [3.63, 3.8) is 0 Å². The minimum absolute atomic E-state index is 0.143. The third kappa shape index (κ3) is 3.80. The van der Waals surface area contributed by atoms with Gasteiger partial charge in [-0.1, -0.05) is 18.2 Å². The van der Waals surface area contributed by atoms with Gasteiger partial charge in [0.05, 0.1) is 11.4 Å². The maximum Gasteiger partial charge on any atom is 0.263 e. The van der Waals surface area contributed by atoms with E-state index in [-0.39, 0.29) is 11.8 Å². The lowest BCUT2D eigenvalue weighted by molar-refractivity contribution is -0.117. The number of pyridine rings is 1. The molecule has 1 aromatic carbocycles. The molecular formula is C21H20N4O2S. The maximum absolute atomic E-state index is 12.6. The van der Waals surface area contributed by atoms with Crippen LogP contribution in [0.25, 0.3) is 10.7 Å². The van der Waals surface area contributed by atoms with Crippen LogP contribution in [0.2, 0.25) is 0 Å². The molecular weight excluding hydrogens is 372 g/mol. The molecule has 0 bridgehead atoms. The number of benzene rings is 1. The highest BCUT2D eigenvalue weighted by molar-refractivity contribution is 7.17. The number of aryl methyl sites for hydroxylation is 1. The largest absolute Gasteiger partial charge is 0.347 e. The molecule has 142 valence electrons. The molecule has 1 saturated heterocycles. The fourth-order valence-corrected chi connectivity index (χ4v) is 4.14.